The van der Waals surface area contributed by atoms with Gasteiger partial charge in [-0.1, -0.05) is 18.2 Å². The number of rotatable bonds is 6. The lowest BCUT2D eigenvalue weighted by Gasteiger charge is -2.26. The number of hydrogen-bond acceptors (Lipinski definition) is 32. The van der Waals surface area contributed by atoms with Gasteiger partial charge in [-0.25, -0.2) is 0 Å². The number of aromatic hydroxyl groups is 20. The number of fused-ring (bicyclic) bond motifs is 6. The van der Waals surface area contributed by atoms with Gasteiger partial charge >= 0.3 is 0 Å². The molecule has 18 rings (SSSR count). The fraction of sp³-hybridized carbons (Fsp3) is 0.134. The predicted molar refractivity (Wildman–Crippen MR) is 466 cm³/mol. The highest BCUT2D eigenvalue weighted by molar-refractivity contribution is 6.04. The van der Waals surface area contributed by atoms with Crippen molar-refractivity contribution >= 4 is 50.3 Å². The Morgan fingerprint density at radius 1 is 0.248 bits per heavy atom. The number of Topliss-reactive ketones (excluding diaryl/α,β-unsaturated/α-hetero) is 3. The molecule has 0 amide bonds. The second-order valence-corrected chi connectivity index (χ2v) is 30.5. The largest absolute Gasteiger partial charge is 0.508 e. The minimum atomic E-state index is -0.888. The second-order valence-electron chi connectivity index (χ2n) is 30.5. The molecule has 660 valence electrons. The van der Waals surface area contributed by atoms with Gasteiger partial charge in [0.1, 0.15) is 171 Å². The van der Waals surface area contributed by atoms with Crippen LogP contribution >= 0.6 is 0 Å². The molecule has 3 atom stereocenters. The van der Waals surface area contributed by atoms with Crippen LogP contribution in [0.5, 0.6) is 132 Å². The number of aryl methyl sites for hydroxylation is 5. The number of benzene rings is 12. The molecule has 0 radical (unpaired) electrons. The van der Waals surface area contributed by atoms with Crippen LogP contribution in [0.2, 0.25) is 0 Å². The predicted octanol–water partition coefficient (Wildman–Crippen LogP) is 16.8. The van der Waals surface area contributed by atoms with Gasteiger partial charge in [0, 0.05) is 76.3 Å². The molecule has 129 heavy (non-hydrogen) atoms. The van der Waals surface area contributed by atoms with Crippen LogP contribution in [0.15, 0.2) is 210 Å². The van der Waals surface area contributed by atoms with Gasteiger partial charge in [-0.2, -0.15) is 0 Å². The van der Waals surface area contributed by atoms with Crippen molar-refractivity contribution in [3.05, 3.63) is 285 Å². The lowest BCUT2D eigenvalue weighted by atomic mass is 9.94. The summed E-state index contributed by atoms with van der Waals surface area (Å²) >= 11 is 0. The van der Waals surface area contributed by atoms with Crippen molar-refractivity contribution in [3.8, 4) is 166 Å². The lowest BCUT2D eigenvalue weighted by Crippen LogP contribution is -2.20. The summed E-state index contributed by atoms with van der Waals surface area (Å²) < 4.78 is 34.0. The first kappa shape index (κ1) is 89.4. The van der Waals surface area contributed by atoms with E-state index in [1.165, 1.54) is 74.5 Å². The maximum absolute atomic E-state index is 12.4. The van der Waals surface area contributed by atoms with Gasteiger partial charge in [-0.3, -0.25) is 28.8 Å². The van der Waals surface area contributed by atoms with Crippen LogP contribution in [0, 0.1) is 48.5 Å². The van der Waals surface area contributed by atoms with Gasteiger partial charge in [0.2, 0.25) is 11.2 Å². The molecule has 3 aliphatic rings. The fourth-order valence-corrected chi connectivity index (χ4v) is 14.5. The van der Waals surface area contributed by atoms with Gasteiger partial charge in [-0.15, -0.1) is 0 Å². The molecule has 3 aromatic heterocycles. The number of ketones is 3. The maximum Gasteiger partial charge on any atom is 0.238 e. The quantitative estimate of drug-likeness (QED) is 0.0688. The number of hydrogen-bond donors (Lipinski definition) is 20. The normalized spacial score (nSPS) is 14.0. The monoisotopic (exact) mass is 1760 g/mol. The SMILES string of the molecule is Cc1c(-c2ccc(O)c(O)c2)oc2cc(O)cc(O)c2c1=O.Cc1c(-c2ccc(O)c(O)c2)oc2cc(O)cc(O)c2c1=O.Cc1cc(C2CC(=O)c3c(O)cc(O)cc3O2)ccc1O.Cc1cc(O)c2c(c1)OC(c1ccc(O)c(C)c1)CC2=O.Cc1cc(O)c2c(c1)OC(c1ccc(O)c(C)c1)CC2=O.O=c1c(O)c(-c2ccc(O)c(O)c2)oc2cc(O)cc(O)c12. The molecule has 20 N–H and O–H groups in total. The zero-order valence-corrected chi connectivity index (χ0v) is 69.0. The lowest BCUT2D eigenvalue weighted by molar-refractivity contribution is 0.0834. The Morgan fingerprint density at radius 3 is 0.837 bits per heavy atom. The average molecular weight is 1760 g/mol. The Hall–Kier alpha value is -17.3. The van der Waals surface area contributed by atoms with E-state index in [9.17, 15) is 131 Å². The van der Waals surface area contributed by atoms with Crippen LogP contribution in [0.25, 0.3) is 66.9 Å². The molecule has 0 spiro atoms. The molecular formula is C97H80O32. The summed E-state index contributed by atoms with van der Waals surface area (Å²) in [4.78, 5) is 73.6. The molecule has 0 bridgehead atoms. The highest BCUT2D eigenvalue weighted by atomic mass is 16.5. The summed E-state index contributed by atoms with van der Waals surface area (Å²) in [5, 5.41) is 192. The third-order valence-electron chi connectivity index (χ3n) is 21.1. The Morgan fingerprint density at radius 2 is 0.519 bits per heavy atom. The molecule has 0 saturated carbocycles. The van der Waals surface area contributed by atoms with Crippen molar-refractivity contribution in [2.75, 3.05) is 0 Å². The van der Waals surface area contributed by atoms with Crippen molar-refractivity contribution in [2.24, 2.45) is 0 Å². The molecule has 15 aromatic rings. The van der Waals surface area contributed by atoms with Crippen molar-refractivity contribution in [1.29, 1.82) is 0 Å². The van der Waals surface area contributed by atoms with Crippen molar-refractivity contribution in [3.63, 3.8) is 0 Å². The summed E-state index contributed by atoms with van der Waals surface area (Å²) in [6.45, 7) is 12.1. The van der Waals surface area contributed by atoms with E-state index in [0.29, 0.717) is 28.2 Å². The van der Waals surface area contributed by atoms with Crippen molar-refractivity contribution < 1.29 is 144 Å². The number of phenolic OH excluding ortho intramolecular Hbond substituents is 19. The number of phenols is 19. The summed E-state index contributed by atoms with van der Waals surface area (Å²) in [5.74, 6) is -4.27. The Labute approximate surface area is 728 Å². The molecular weight excluding hydrogens is 1680 g/mol. The summed E-state index contributed by atoms with van der Waals surface area (Å²) in [6, 6.07) is 42.6. The van der Waals surface area contributed by atoms with Crippen LogP contribution in [-0.4, -0.2) is 119 Å². The number of carbonyl (C=O) groups is 3. The molecule has 6 heterocycles. The third-order valence-corrected chi connectivity index (χ3v) is 21.1. The summed E-state index contributed by atoms with van der Waals surface area (Å²) in [7, 11) is 0. The Kier molecular flexibility index (Phi) is 24.9. The van der Waals surface area contributed by atoms with Crippen LogP contribution < -0.4 is 30.5 Å². The highest BCUT2D eigenvalue weighted by Crippen LogP contribution is 2.47. The van der Waals surface area contributed by atoms with Crippen LogP contribution in [0.4, 0.5) is 0 Å². The van der Waals surface area contributed by atoms with Gasteiger partial charge in [0.25, 0.3) is 0 Å². The van der Waals surface area contributed by atoms with Crippen LogP contribution in [0.3, 0.4) is 0 Å². The van der Waals surface area contributed by atoms with Crippen molar-refractivity contribution in [2.45, 2.75) is 86.0 Å². The topological polar surface area (TPSA) is 574 Å². The minimum Gasteiger partial charge on any atom is -0.508 e. The molecule has 3 aliphatic heterocycles. The zero-order valence-electron chi connectivity index (χ0n) is 69.0. The molecule has 32 heteroatoms. The van der Waals surface area contributed by atoms with E-state index in [1.54, 1.807) is 87.5 Å². The first-order valence-electron chi connectivity index (χ1n) is 39.0. The van der Waals surface area contributed by atoms with E-state index in [1.807, 2.05) is 26.0 Å². The molecule has 0 saturated heterocycles. The molecule has 0 fully saturated rings. The zero-order chi connectivity index (χ0) is 93.5. The van der Waals surface area contributed by atoms with E-state index >= 15 is 0 Å². The Balaban J connectivity index is 0.000000132. The summed E-state index contributed by atoms with van der Waals surface area (Å²) in [5.41, 5.74) is 6.38. The van der Waals surface area contributed by atoms with E-state index in [4.69, 9.17) is 27.5 Å². The minimum absolute atomic E-state index is 0.0238. The Bertz CT molecular complexity index is 6600. The number of carbonyl (C=O) groups excluding carboxylic acids is 3. The molecule has 0 aliphatic carbocycles. The van der Waals surface area contributed by atoms with Crippen LogP contribution in [-0.2, 0) is 0 Å². The second kappa shape index (κ2) is 35.9. The van der Waals surface area contributed by atoms with E-state index in [2.05, 4.69) is 0 Å². The van der Waals surface area contributed by atoms with Gasteiger partial charge in [0.15, 0.2) is 68.5 Å². The standard InChI is InChI=1S/2C17H16O4.2C16H12O6.C16H14O5.C15H10O7/c2*1-9-5-13(19)17-14(20)8-15(21-16(17)6-9)11-3-4-12(18)10(2)7-11;2*1-7-15(21)14-12(20)5-9(17)6-13(14)22-16(7)8-2-3-10(18)11(19)4-8;1-8-4-9(2-3-11(8)18)14-7-13(20)16-12(19)5-10(17)6-15(16)21-14;16-7-4-10(19)12-11(5-7)22-15(14(21)13(12)20)6-1-2-8(17)9(18)3-6/h2*3-7,15,18-19H,8H2,1-2H3;2*2-6,17-20H,1H3;2-6,14,17-19H,7H2,1H3;1-5,16-19,21H. The van der Waals surface area contributed by atoms with Gasteiger partial charge < -0.3 is 130 Å². The van der Waals surface area contributed by atoms with Crippen LogP contribution in [0.1, 0.15) is 124 Å². The smallest absolute Gasteiger partial charge is 0.238 e. The maximum atomic E-state index is 12.4. The fourth-order valence-electron chi connectivity index (χ4n) is 14.5. The molecule has 32 nitrogen and oxygen atoms in total. The van der Waals surface area contributed by atoms with E-state index < -0.39 is 51.8 Å². The van der Waals surface area contributed by atoms with Crippen molar-refractivity contribution in [1.82, 2.24) is 0 Å². The summed E-state index contributed by atoms with van der Waals surface area (Å²) in [6.07, 6.45) is -0.862. The first-order valence-corrected chi connectivity index (χ1v) is 39.0. The highest BCUT2D eigenvalue weighted by Gasteiger charge is 2.35. The first-order chi connectivity index (χ1) is 61.0. The van der Waals surface area contributed by atoms with E-state index in [0.717, 1.165) is 81.4 Å². The average Bonchev–Trinajstić information content (AvgIpc) is 0.760. The third kappa shape index (κ3) is 18.7. The van der Waals surface area contributed by atoms with Gasteiger partial charge in [-0.05, 0) is 208 Å². The van der Waals surface area contributed by atoms with E-state index in [-0.39, 0.29) is 224 Å². The molecule has 3 unspecified atom stereocenters. The number of ether oxygens (including phenoxy) is 3. The van der Waals surface area contributed by atoms with Gasteiger partial charge in [0.05, 0.1) is 19.3 Å². The molecule has 12 aromatic carbocycles.